The van der Waals surface area contributed by atoms with Gasteiger partial charge in [0.15, 0.2) is 0 Å². The van der Waals surface area contributed by atoms with Gasteiger partial charge in [-0.1, -0.05) is 25.8 Å². The zero-order valence-electron chi connectivity index (χ0n) is 15.4. The lowest BCUT2D eigenvalue weighted by Gasteiger charge is -2.21. The average Bonchev–Trinajstić information content (AvgIpc) is 2.82. The maximum absolute atomic E-state index is 13.0. The number of hydrogen-bond donors (Lipinski definition) is 2. The maximum atomic E-state index is 13.0. The first kappa shape index (κ1) is 21.8. The van der Waals surface area contributed by atoms with E-state index in [1.807, 2.05) is 0 Å². The smallest absolute Gasteiger partial charge is 0.265 e. The second kappa shape index (κ2) is 12.2. The molecule has 6 heteroatoms. The van der Waals surface area contributed by atoms with Crippen molar-refractivity contribution in [3.63, 3.8) is 0 Å². The summed E-state index contributed by atoms with van der Waals surface area (Å²) in [4.78, 5) is 13.5. The molecule has 1 fully saturated rings. The second-order valence-electron chi connectivity index (χ2n) is 6.50. The van der Waals surface area contributed by atoms with E-state index in [0.717, 1.165) is 45.1 Å². The highest BCUT2D eigenvalue weighted by molar-refractivity contribution is 6.25. The Labute approximate surface area is 155 Å². The van der Waals surface area contributed by atoms with E-state index < -0.39 is 11.7 Å². The van der Waals surface area contributed by atoms with E-state index in [2.05, 4.69) is 30.0 Å². The van der Waals surface area contributed by atoms with E-state index in [4.69, 9.17) is 10.1 Å². The minimum absolute atomic E-state index is 0.0917. The topological polar surface area (TPSA) is 65.4 Å². The van der Waals surface area contributed by atoms with Gasteiger partial charge >= 0.3 is 0 Å². The summed E-state index contributed by atoms with van der Waals surface area (Å²) in [6.45, 7) is 14.1. The third kappa shape index (κ3) is 9.32. The summed E-state index contributed by atoms with van der Waals surface area (Å²) in [6.07, 6.45) is 7.94. The minimum Gasteiger partial charge on any atom is -0.497 e. The van der Waals surface area contributed by atoms with Crippen molar-refractivity contribution in [3.8, 4) is 0 Å². The number of allylic oxidation sites excluding steroid dienone is 3. The quantitative estimate of drug-likeness (QED) is 0.334. The van der Waals surface area contributed by atoms with Gasteiger partial charge in [-0.15, -0.1) is 0 Å². The Morgan fingerprint density at radius 2 is 2.12 bits per heavy atom. The Hall–Kier alpha value is -2.21. The van der Waals surface area contributed by atoms with Crippen molar-refractivity contribution < 1.29 is 13.9 Å². The molecular formula is C20H30FN3O2. The molecule has 26 heavy (non-hydrogen) atoms. The summed E-state index contributed by atoms with van der Waals surface area (Å²) < 4.78 is 18.8. The van der Waals surface area contributed by atoms with Crippen LogP contribution >= 0.6 is 0 Å². The molecule has 0 radical (unpaired) electrons. The highest BCUT2D eigenvalue weighted by Crippen LogP contribution is 2.21. The lowest BCUT2D eigenvalue weighted by molar-refractivity contribution is -0.113. The molecule has 1 amide bonds. The molecule has 1 heterocycles. The monoisotopic (exact) mass is 363 g/mol. The van der Waals surface area contributed by atoms with E-state index in [0.29, 0.717) is 30.4 Å². The Kier molecular flexibility index (Phi) is 10.2. The summed E-state index contributed by atoms with van der Waals surface area (Å²) in [5, 5.41) is 9.46. The van der Waals surface area contributed by atoms with Crippen molar-refractivity contribution >= 4 is 12.1 Å². The highest BCUT2D eigenvalue weighted by atomic mass is 19.1. The van der Waals surface area contributed by atoms with E-state index in [-0.39, 0.29) is 6.42 Å². The Morgan fingerprint density at radius 1 is 1.35 bits per heavy atom. The first-order valence-corrected chi connectivity index (χ1v) is 8.93. The summed E-state index contributed by atoms with van der Waals surface area (Å²) in [5.74, 6) is 0.136. The fraction of sp³-hybridized carbons (Fsp3) is 0.500. The molecule has 0 aliphatic carbocycles. The number of amides is 1. The van der Waals surface area contributed by atoms with Crippen molar-refractivity contribution in [1.29, 1.82) is 5.41 Å². The van der Waals surface area contributed by atoms with Crippen LogP contribution < -0.4 is 5.32 Å². The van der Waals surface area contributed by atoms with Crippen molar-refractivity contribution in [2.24, 2.45) is 5.92 Å². The van der Waals surface area contributed by atoms with Gasteiger partial charge in [0.25, 0.3) is 5.91 Å². The number of rotatable bonds is 11. The zero-order valence-corrected chi connectivity index (χ0v) is 15.4. The predicted molar refractivity (Wildman–Crippen MR) is 104 cm³/mol. The van der Waals surface area contributed by atoms with E-state index in [1.54, 1.807) is 12.2 Å². The fourth-order valence-electron chi connectivity index (χ4n) is 2.88. The molecule has 0 bridgehead atoms. The van der Waals surface area contributed by atoms with Crippen LogP contribution in [0.1, 0.15) is 32.1 Å². The van der Waals surface area contributed by atoms with Crippen molar-refractivity contribution in [2.45, 2.75) is 32.1 Å². The molecule has 0 saturated carbocycles. The van der Waals surface area contributed by atoms with Crippen molar-refractivity contribution in [1.82, 2.24) is 10.2 Å². The molecule has 2 N–H and O–H groups in total. The number of likely N-dealkylation sites (tertiary alicyclic amines) is 1. The average molecular weight is 363 g/mol. The molecule has 1 unspecified atom stereocenters. The van der Waals surface area contributed by atoms with E-state index >= 15 is 0 Å². The lowest BCUT2D eigenvalue weighted by atomic mass is 10.0. The number of nitrogens with zero attached hydrogens (tertiary/aromatic N) is 1. The van der Waals surface area contributed by atoms with Crippen LogP contribution in [0.5, 0.6) is 0 Å². The summed E-state index contributed by atoms with van der Waals surface area (Å²) in [5.41, 5.74) is 0.633. The number of carbonyl (C=O) groups excluding carboxylic acids is 1. The van der Waals surface area contributed by atoms with Crippen LogP contribution in [0.3, 0.4) is 0 Å². The summed E-state index contributed by atoms with van der Waals surface area (Å²) in [7, 11) is 0. The first-order chi connectivity index (χ1) is 12.4. The van der Waals surface area contributed by atoms with Gasteiger partial charge in [-0.05, 0) is 50.8 Å². The molecule has 0 aromatic heterocycles. The van der Waals surface area contributed by atoms with Crippen LogP contribution in [-0.2, 0) is 9.53 Å². The fourth-order valence-corrected chi connectivity index (χ4v) is 2.88. The first-order valence-electron chi connectivity index (χ1n) is 8.93. The summed E-state index contributed by atoms with van der Waals surface area (Å²) >= 11 is 0. The van der Waals surface area contributed by atoms with Crippen LogP contribution in [-0.4, -0.2) is 43.3 Å². The lowest BCUT2D eigenvalue weighted by Crippen LogP contribution is -2.29. The number of nitrogens with one attached hydrogen (secondary N) is 2. The standard InChI is InChI=1S/C20H30FN3O2/c1-4-6-19(13-16(2)21)26-15-18-7-5-10-24(12-9-18)11-8-17(3)23-20(25)14-22/h4,6,14,18,22H,1-3,5,7-13,15H2,(H,23,25)/b19-6+,22-14?. The molecule has 0 aromatic rings. The molecular weight excluding hydrogens is 333 g/mol. The van der Waals surface area contributed by atoms with Crippen molar-refractivity contribution in [3.05, 3.63) is 49.2 Å². The van der Waals surface area contributed by atoms with Gasteiger partial charge in [-0.25, -0.2) is 4.39 Å². The Morgan fingerprint density at radius 3 is 2.77 bits per heavy atom. The third-order valence-electron chi connectivity index (χ3n) is 4.28. The van der Waals surface area contributed by atoms with Crippen LogP contribution in [0.25, 0.3) is 0 Å². The van der Waals surface area contributed by atoms with Gasteiger partial charge in [0.05, 0.1) is 19.2 Å². The molecule has 1 aliphatic rings. The van der Waals surface area contributed by atoms with Crippen LogP contribution in [0.4, 0.5) is 4.39 Å². The predicted octanol–water partition coefficient (Wildman–Crippen LogP) is 3.72. The van der Waals surface area contributed by atoms with Gasteiger partial charge in [0.1, 0.15) is 11.6 Å². The number of halogens is 1. The third-order valence-corrected chi connectivity index (χ3v) is 4.28. The summed E-state index contributed by atoms with van der Waals surface area (Å²) in [6, 6.07) is 0. The van der Waals surface area contributed by atoms with E-state index in [9.17, 15) is 9.18 Å². The largest absolute Gasteiger partial charge is 0.497 e. The molecule has 1 saturated heterocycles. The zero-order chi connectivity index (χ0) is 19.4. The molecule has 0 aromatic carbocycles. The van der Waals surface area contributed by atoms with Crippen molar-refractivity contribution in [2.75, 3.05) is 26.2 Å². The van der Waals surface area contributed by atoms with Gasteiger partial charge < -0.3 is 20.4 Å². The number of carbonyl (C=O) groups is 1. The normalized spacial score (nSPS) is 18.5. The van der Waals surface area contributed by atoms with Gasteiger partial charge in [0.2, 0.25) is 0 Å². The number of ether oxygens (including phenoxy) is 1. The van der Waals surface area contributed by atoms with E-state index in [1.165, 1.54) is 0 Å². The van der Waals surface area contributed by atoms with Gasteiger partial charge in [0, 0.05) is 12.2 Å². The minimum atomic E-state index is -0.442. The molecule has 1 rings (SSSR count). The molecule has 144 valence electrons. The van der Waals surface area contributed by atoms with Crippen LogP contribution in [0.15, 0.2) is 49.2 Å². The van der Waals surface area contributed by atoms with Crippen LogP contribution in [0.2, 0.25) is 0 Å². The number of hydrogen-bond acceptors (Lipinski definition) is 4. The van der Waals surface area contributed by atoms with Gasteiger partial charge in [-0.2, -0.15) is 0 Å². The highest BCUT2D eigenvalue weighted by Gasteiger charge is 2.18. The molecule has 1 aliphatic heterocycles. The van der Waals surface area contributed by atoms with Gasteiger partial charge in [-0.3, -0.25) is 4.79 Å². The molecule has 0 spiro atoms. The Bertz CT molecular complexity index is 557. The maximum Gasteiger partial charge on any atom is 0.265 e. The molecule has 5 nitrogen and oxygen atoms in total. The SMILES string of the molecule is C=C/C=C(\CC(=C)F)OCC1CCCN(CCC(=C)NC(=O)C=N)CC1. The molecule has 1 atom stereocenters. The Balaban J connectivity index is 2.36. The second-order valence-corrected chi connectivity index (χ2v) is 6.50. The van der Waals surface area contributed by atoms with Crippen LogP contribution in [0, 0.1) is 11.3 Å².